The summed E-state index contributed by atoms with van der Waals surface area (Å²) in [6.07, 6.45) is 3.89. The standard InChI is InChI=1S/C26H26N4O4/c1-18-29-22-12-19(6-4-5-11-31)14-28-26(22)30(18)16-20-7-9-23(24(13-20)32-2)34-17-21-8-10-25(33-3)27-15-21/h7-10,12-15,31H,5,11,16-17H2,1-3H3. The van der Waals surface area contributed by atoms with Crippen molar-refractivity contribution in [3.8, 4) is 29.2 Å². The quantitative estimate of drug-likeness (QED) is 0.404. The van der Waals surface area contributed by atoms with Crippen LogP contribution in [0.25, 0.3) is 11.2 Å². The third kappa shape index (κ3) is 5.27. The van der Waals surface area contributed by atoms with Crippen molar-refractivity contribution in [3.05, 3.63) is 71.3 Å². The lowest BCUT2D eigenvalue weighted by Gasteiger charge is -2.13. The number of aryl methyl sites for hydroxylation is 1. The second kappa shape index (κ2) is 10.7. The van der Waals surface area contributed by atoms with Gasteiger partial charge in [0.15, 0.2) is 17.1 Å². The Kier molecular flexibility index (Phi) is 7.25. The summed E-state index contributed by atoms with van der Waals surface area (Å²) in [5.41, 5.74) is 4.32. The second-order valence-electron chi connectivity index (χ2n) is 7.57. The first-order valence-corrected chi connectivity index (χ1v) is 10.8. The molecule has 0 radical (unpaired) electrons. The van der Waals surface area contributed by atoms with Crippen LogP contribution in [0.1, 0.15) is 28.9 Å². The summed E-state index contributed by atoms with van der Waals surface area (Å²) in [5, 5.41) is 8.89. The maximum absolute atomic E-state index is 8.89. The molecule has 8 heteroatoms. The monoisotopic (exact) mass is 458 g/mol. The van der Waals surface area contributed by atoms with Crippen molar-refractivity contribution >= 4 is 11.2 Å². The first-order valence-electron chi connectivity index (χ1n) is 10.8. The fourth-order valence-corrected chi connectivity index (χ4v) is 3.49. The van der Waals surface area contributed by atoms with Gasteiger partial charge in [-0.2, -0.15) is 0 Å². The molecule has 3 heterocycles. The van der Waals surface area contributed by atoms with Crippen LogP contribution in [0.3, 0.4) is 0 Å². The summed E-state index contributed by atoms with van der Waals surface area (Å²) < 4.78 is 18.7. The molecule has 0 aliphatic heterocycles. The molecule has 4 aromatic rings. The molecule has 0 aliphatic rings. The van der Waals surface area contributed by atoms with E-state index >= 15 is 0 Å². The van der Waals surface area contributed by atoms with E-state index < -0.39 is 0 Å². The van der Waals surface area contributed by atoms with Gasteiger partial charge in [0.25, 0.3) is 0 Å². The van der Waals surface area contributed by atoms with E-state index in [1.165, 1.54) is 0 Å². The Balaban J connectivity index is 1.51. The number of ether oxygens (including phenoxy) is 3. The van der Waals surface area contributed by atoms with E-state index in [9.17, 15) is 0 Å². The van der Waals surface area contributed by atoms with Crippen LogP contribution in [0.4, 0.5) is 0 Å². The molecule has 0 saturated heterocycles. The van der Waals surface area contributed by atoms with Crippen LogP contribution in [-0.4, -0.2) is 45.5 Å². The Hall–Kier alpha value is -4.09. The first-order chi connectivity index (χ1) is 16.6. The fraction of sp³-hybridized carbons (Fsp3) is 0.269. The zero-order valence-corrected chi connectivity index (χ0v) is 19.4. The lowest BCUT2D eigenvalue weighted by molar-refractivity contribution is 0.283. The molecule has 0 saturated carbocycles. The highest BCUT2D eigenvalue weighted by Gasteiger charge is 2.12. The van der Waals surface area contributed by atoms with E-state index in [4.69, 9.17) is 19.3 Å². The number of fused-ring (bicyclic) bond motifs is 1. The number of pyridine rings is 2. The average molecular weight is 459 g/mol. The molecule has 0 unspecified atom stereocenters. The van der Waals surface area contributed by atoms with Gasteiger partial charge in [-0.1, -0.05) is 17.9 Å². The number of benzene rings is 1. The van der Waals surface area contributed by atoms with Crippen molar-refractivity contribution in [1.82, 2.24) is 19.5 Å². The van der Waals surface area contributed by atoms with Gasteiger partial charge in [0.2, 0.25) is 5.88 Å². The number of aliphatic hydroxyl groups excluding tert-OH is 1. The van der Waals surface area contributed by atoms with Crippen LogP contribution in [0, 0.1) is 18.8 Å². The summed E-state index contributed by atoms with van der Waals surface area (Å²) in [6.45, 7) is 2.95. The number of aliphatic hydroxyl groups is 1. The summed E-state index contributed by atoms with van der Waals surface area (Å²) in [6, 6.07) is 11.5. The van der Waals surface area contributed by atoms with E-state index in [0.29, 0.717) is 37.0 Å². The Morgan fingerprint density at radius 1 is 0.971 bits per heavy atom. The van der Waals surface area contributed by atoms with Gasteiger partial charge >= 0.3 is 0 Å². The Morgan fingerprint density at radius 2 is 1.82 bits per heavy atom. The predicted molar refractivity (Wildman–Crippen MR) is 128 cm³/mol. The van der Waals surface area contributed by atoms with E-state index in [2.05, 4.69) is 31.4 Å². The molecule has 0 bridgehead atoms. The zero-order chi connectivity index (χ0) is 23.9. The van der Waals surface area contributed by atoms with E-state index in [1.54, 1.807) is 32.7 Å². The second-order valence-corrected chi connectivity index (χ2v) is 7.57. The molecule has 8 nitrogen and oxygen atoms in total. The van der Waals surface area contributed by atoms with Crippen molar-refractivity contribution in [1.29, 1.82) is 0 Å². The topological polar surface area (TPSA) is 91.5 Å². The average Bonchev–Trinajstić information content (AvgIpc) is 3.17. The van der Waals surface area contributed by atoms with Crippen molar-refractivity contribution < 1.29 is 19.3 Å². The van der Waals surface area contributed by atoms with Gasteiger partial charge in [-0.3, -0.25) is 0 Å². The number of aromatic nitrogens is 4. The highest BCUT2D eigenvalue weighted by Crippen LogP contribution is 2.30. The van der Waals surface area contributed by atoms with Crippen molar-refractivity contribution in [3.63, 3.8) is 0 Å². The lowest BCUT2D eigenvalue weighted by atomic mass is 10.2. The molecule has 0 fully saturated rings. The largest absolute Gasteiger partial charge is 0.493 e. The molecular formula is C26H26N4O4. The molecule has 0 spiro atoms. The minimum atomic E-state index is 0.0440. The highest BCUT2D eigenvalue weighted by atomic mass is 16.5. The van der Waals surface area contributed by atoms with Gasteiger partial charge in [-0.05, 0) is 36.8 Å². The first kappa shape index (κ1) is 23.1. The maximum Gasteiger partial charge on any atom is 0.212 e. The highest BCUT2D eigenvalue weighted by molar-refractivity contribution is 5.73. The Labute approximate surface area is 198 Å². The lowest BCUT2D eigenvalue weighted by Crippen LogP contribution is -2.04. The fourth-order valence-electron chi connectivity index (χ4n) is 3.49. The number of imidazole rings is 1. The number of methoxy groups -OCH3 is 2. The molecule has 34 heavy (non-hydrogen) atoms. The van der Waals surface area contributed by atoms with E-state index in [-0.39, 0.29) is 6.61 Å². The van der Waals surface area contributed by atoms with E-state index in [1.807, 2.05) is 37.3 Å². The van der Waals surface area contributed by atoms with Gasteiger partial charge in [0.05, 0.1) is 27.4 Å². The van der Waals surface area contributed by atoms with Crippen LogP contribution in [0.2, 0.25) is 0 Å². The minimum Gasteiger partial charge on any atom is -0.493 e. The van der Waals surface area contributed by atoms with Crippen LogP contribution >= 0.6 is 0 Å². The number of rotatable bonds is 8. The molecule has 174 valence electrons. The maximum atomic E-state index is 8.89. The van der Waals surface area contributed by atoms with Crippen LogP contribution in [-0.2, 0) is 13.2 Å². The summed E-state index contributed by atoms with van der Waals surface area (Å²) in [5.74, 6) is 8.64. The predicted octanol–water partition coefficient (Wildman–Crippen LogP) is 3.51. The SMILES string of the molecule is COc1ccc(COc2ccc(Cn3c(C)nc4cc(C#CCCO)cnc43)cc2OC)cn1. The Morgan fingerprint density at radius 3 is 2.56 bits per heavy atom. The number of hydrogen-bond acceptors (Lipinski definition) is 7. The van der Waals surface area contributed by atoms with Gasteiger partial charge in [0.1, 0.15) is 17.9 Å². The van der Waals surface area contributed by atoms with Crippen molar-refractivity contribution in [2.24, 2.45) is 0 Å². The smallest absolute Gasteiger partial charge is 0.212 e. The van der Waals surface area contributed by atoms with Crippen molar-refractivity contribution in [2.45, 2.75) is 26.5 Å². The zero-order valence-electron chi connectivity index (χ0n) is 19.4. The van der Waals surface area contributed by atoms with Crippen LogP contribution < -0.4 is 14.2 Å². The Bertz CT molecular complexity index is 1340. The van der Waals surface area contributed by atoms with Gasteiger partial charge in [0, 0.05) is 36.0 Å². The summed E-state index contributed by atoms with van der Waals surface area (Å²) in [4.78, 5) is 13.4. The third-order valence-electron chi connectivity index (χ3n) is 5.22. The molecule has 3 aromatic heterocycles. The molecule has 1 N–H and O–H groups in total. The molecule has 0 atom stereocenters. The summed E-state index contributed by atoms with van der Waals surface area (Å²) >= 11 is 0. The number of nitrogens with zero attached hydrogens (tertiary/aromatic N) is 4. The minimum absolute atomic E-state index is 0.0440. The molecule has 0 aliphatic carbocycles. The summed E-state index contributed by atoms with van der Waals surface area (Å²) in [7, 11) is 3.21. The van der Waals surface area contributed by atoms with Gasteiger partial charge < -0.3 is 23.9 Å². The van der Waals surface area contributed by atoms with Gasteiger partial charge in [-0.15, -0.1) is 0 Å². The van der Waals surface area contributed by atoms with Crippen LogP contribution in [0.5, 0.6) is 17.4 Å². The molecular weight excluding hydrogens is 432 g/mol. The van der Waals surface area contributed by atoms with Gasteiger partial charge in [-0.25, -0.2) is 15.0 Å². The third-order valence-corrected chi connectivity index (χ3v) is 5.22. The van der Waals surface area contributed by atoms with Crippen LogP contribution in [0.15, 0.2) is 48.8 Å². The van der Waals surface area contributed by atoms with E-state index in [0.717, 1.165) is 33.7 Å². The molecule has 4 rings (SSSR count). The van der Waals surface area contributed by atoms with Crippen molar-refractivity contribution in [2.75, 3.05) is 20.8 Å². The molecule has 1 aromatic carbocycles. The molecule has 0 amide bonds. The number of hydrogen-bond donors (Lipinski definition) is 1. The normalized spacial score (nSPS) is 10.6.